The van der Waals surface area contributed by atoms with E-state index in [-0.39, 0.29) is 11.8 Å². The Morgan fingerprint density at radius 3 is 2.85 bits per heavy atom. The highest BCUT2D eigenvalue weighted by molar-refractivity contribution is 5.79. The Hall–Kier alpha value is -1.08. The quantitative estimate of drug-likeness (QED) is 0.858. The van der Waals surface area contributed by atoms with E-state index in [1.165, 1.54) is 19.3 Å². The minimum atomic E-state index is 0.122. The summed E-state index contributed by atoms with van der Waals surface area (Å²) in [6.45, 7) is 4.92. The molecule has 3 atom stereocenters. The van der Waals surface area contributed by atoms with Crippen molar-refractivity contribution in [2.45, 2.75) is 57.9 Å². The fourth-order valence-corrected chi connectivity index (χ4v) is 3.51. The van der Waals surface area contributed by atoms with E-state index in [9.17, 15) is 4.79 Å². The molecule has 1 saturated carbocycles. The van der Waals surface area contributed by atoms with Gasteiger partial charge in [-0.25, -0.2) is 0 Å². The Labute approximate surface area is 122 Å². The molecule has 1 N–H and O–H groups in total. The van der Waals surface area contributed by atoms with E-state index in [1.54, 1.807) is 0 Å². The zero-order valence-electron chi connectivity index (χ0n) is 12.6. The predicted octanol–water partition coefficient (Wildman–Crippen LogP) is 2.31. The third kappa shape index (κ3) is 4.21. The molecule has 2 fully saturated rings. The topological polar surface area (TPSA) is 56.1 Å². The van der Waals surface area contributed by atoms with Crippen molar-refractivity contribution in [1.82, 2.24) is 10.2 Å². The average Bonchev–Trinajstić information content (AvgIpc) is 2.48. The standard InChI is InChI=1S/C16H27N3O/c1-13-6-2-3-8-15(13)18-16(20)14-7-4-10-19(12-14)11-5-9-17/h13-15H,2-8,10-12H2,1H3,(H,18,20). The van der Waals surface area contributed by atoms with E-state index in [1.807, 2.05) is 0 Å². The van der Waals surface area contributed by atoms with Crippen LogP contribution in [0.15, 0.2) is 0 Å². The second kappa shape index (κ2) is 7.64. The van der Waals surface area contributed by atoms with Crippen LogP contribution in [0.5, 0.6) is 0 Å². The van der Waals surface area contributed by atoms with Gasteiger partial charge >= 0.3 is 0 Å². The molecular formula is C16H27N3O. The third-order valence-electron chi connectivity index (χ3n) is 4.86. The Bertz CT molecular complexity index is 363. The second-order valence-corrected chi connectivity index (χ2v) is 6.42. The summed E-state index contributed by atoms with van der Waals surface area (Å²) in [6, 6.07) is 2.57. The normalized spacial score (nSPS) is 31.5. The summed E-state index contributed by atoms with van der Waals surface area (Å²) in [7, 11) is 0. The van der Waals surface area contributed by atoms with Gasteiger partial charge in [0, 0.05) is 25.6 Å². The first kappa shape index (κ1) is 15.3. The summed E-state index contributed by atoms with van der Waals surface area (Å²) in [4.78, 5) is 14.7. The number of hydrogen-bond donors (Lipinski definition) is 1. The molecule has 0 aromatic carbocycles. The van der Waals surface area contributed by atoms with E-state index in [0.29, 0.717) is 18.4 Å². The Balaban J connectivity index is 1.80. The second-order valence-electron chi connectivity index (χ2n) is 6.42. The molecule has 1 saturated heterocycles. The molecule has 1 amide bonds. The Morgan fingerprint density at radius 2 is 2.10 bits per heavy atom. The fraction of sp³-hybridized carbons (Fsp3) is 0.875. The molecule has 4 heteroatoms. The molecule has 1 aliphatic heterocycles. The Kier molecular flexibility index (Phi) is 5.85. The van der Waals surface area contributed by atoms with Gasteiger partial charge < -0.3 is 10.2 Å². The first-order valence-corrected chi connectivity index (χ1v) is 8.10. The van der Waals surface area contributed by atoms with Crippen molar-refractivity contribution in [1.29, 1.82) is 5.26 Å². The first-order chi connectivity index (χ1) is 9.70. The van der Waals surface area contributed by atoms with Crippen LogP contribution in [-0.2, 0) is 4.79 Å². The van der Waals surface area contributed by atoms with E-state index in [0.717, 1.165) is 38.9 Å². The highest BCUT2D eigenvalue weighted by Gasteiger charge is 2.29. The maximum Gasteiger partial charge on any atom is 0.224 e. The van der Waals surface area contributed by atoms with Crippen molar-refractivity contribution in [2.75, 3.05) is 19.6 Å². The van der Waals surface area contributed by atoms with Gasteiger partial charge in [0.1, 0.15) is 0 Å². The van der Waals surface area contributed by atoms with Crippen molar-refractivity contribution in [2.24, 2.45) is 11.8 Å². The zero-order valence-corrected chi connectivity index (χ0v) is 12.6. The van der Waals surface area contributed by atoms with E-state index >= 15 is 0 Å². The molecule has 1 heterocycles. The van der Waals surface area contributed by atoms with Gasteiger partial charge in [-0.3, -0.25) is 4.79 Å². The smallest absolute Gasteiger partial charge is 0.224 e. The van der Waals surface area contributed by atoms with Crippen molar-refractivity contribution >= 4 is 5.91 Å². The van der Waals surface area contributed by atoms with Crippen molar-refractivity contribution in [3.63, 3.8) is 0 Å². The van der Waals surface area contributed by atoms with Gasteiger partial charge in [0.25, 0.3) is 0 Å². The largest absolute Gasteiger partial charge is 0.353 e. The van der Waals surface area contributed by atoms with Crippen LogP contribution in [0.3, 0.4) is 0 Å². The van der Waals surface area contributed by atoms with Crippen LogP contribution in [0.4, 0.5) is 0 Å². The lowest BCUT2D eigenvalue weighted by molar-refractivity contribution is -0.128. The summed E-state index contributed by atoms with van der Waals surface area (Å²) >= 11 is 0. The number of piperidine rings is 1. The van der Waals surface area contributed by atoms with Gasteiger partial charge in [-0.2, -0.15) is 5.26 Å². The minimum absolute atomic E-state index is 0.122. The highest BCUT2D eigenvalue weighted by atomic mass is 16.2. The summed E-state index contributed by atoms with van der Waals surface area (Å²) in [5, 5.41) is 11.9. The number of likely N-dealkylation sites (tertiary alicyclic amines) is 1. The number of carbonyl (C=O) groups excluding carboxylic acids is 1. The number of nitrogens with zero attached hydrogens (tertiary/aromatic N) is 2. The molecule has 3 unspecified atom stereocenters. The molecule has 1 aliphatic carbocycles. The third-order valence-corrected chi connectivity index (χ3v) is 4.86. The maximum absolute atomic E-state index is 12.4. The summed E-state index contributed by atoms with van der Waals surface area (Å²) in [5.41, 5.74) is 0. The van der Waals surface area contributed by atoms with Crippen LogP contribution in [0.1, 0.15) is 51.9 Å². The number of nitrogens with one attached hydrogen (secondary N) is 1. The van der Waals surface area contributed by atoms with Gasteiger partial charge in [0.05, 0.1) is 12.0 Å². The molecule has 0 bridgehead atoms. The van der Waals surface area contributed by atoms with E-state index in [4.69, 9.17) is 5.26 Å². The number of hydrogen-bond acceptors (Lipinski definition) is 3. The van der Waals surface area contributed by atoms with E-state index < -0.39 is 0 Å². The lowest BCUT2D eigenvalue weighted by Gasteiger charge is -2.34. The monoisotopic (exact) mass is 277 g/mol. The molecule has 0 spiro atoms. The number of nitriles is 1. The van der Waals surface area contributed by atoms with E-state index in [2.05, 4.69) is 23.2 Å². The van der Waals surface area contributed by atoms with Gasteiger partial charge in [-0.15, -0.1) is 0 Å². The van der Waals surface area contributed by atoms with Gasteiger partial charge in [0.15, 0.2) is 0 Å². The van der Waals surface area contributed by atoms with Crippen LogP contribution < -0.4 is 5.32 Å². The van der Waals surface area contributed by atoms with Crippen LogP contribution in [0.2, 0.25) is 0 Å². The minimum Gasteiger partial charge on any atom is -0.353 e. The average molecular weight is 277 g/mol. The van der Waals surface area contributed by atoms with Gasteiger partial charge in [-0.1, -0.05) is 19.8 Å². The van der Waals surface area contributed by atoms with Crippen LogP contribution >= 0.6 is 0 Å². The molecule has 0 radical (unpaired) electrons. The highest BCUT2D eigenvalue weighted by Crippen LogP contribution is 2.25. The molecule has 0 aromatic heterocycles. The van der Waals surface area contributed by atoms with Crippen molar-refractivity contribution < 1.29 is 4.79 Å². The zero-order chi connectivity index (χ0) is 14.4. The number of carbonyl (C=O) groups is 1. The van der Waals surface area contributed by atoms with Gasteiger partial charge in [-0.05, 0) is 38.1 Å². The summed E-state index contributed by atoms with van der Waals surface area (Å²) in [5.74, 6) is 0.980. The molecule has 20 heavy (non-hydrogen) atoms. The van der Waals surface area contributed by atoms with Crippen LogP contribution in [-0.4, -0.2) is 36.5 Å². The molecule has 112 valence electrons. The summed E-state index contributed by atoms with van der Waals surface area (Å²) < 4.78 is 0. The maximum atomic E-state index is 12.4. The molecule has 0 aromatic rings. The predicted molar refractivity (Wildman–Crippen MR) is 79.0 cm³/mol. The SMILES string of the molecule is CC1CCCCC1NC(=O)C1CCCN(CCC#N)C1. The lowest BCUT2D eigenvalue weighted by atomic mass is 9.85. The first-order valence-electron chi connectivity index (χ1n) is 8.10. The van der Waals surface area contributed by atoms with Crippen LogP contribution in [0.25, 0.3) is 0 Å². The van der Waals surface area contributed by atoms with Crippen molar-refractivity contribution in [3.8, 4) is 6.07 Å². The Morgan fingerprint density at radius 1 is 1.30 bits per heavy atom. The number of amides is 1. The number of rotatable bonds is 4. The molecule has 2 aliphatic rings. The molecular weight excluding hydrogens is 250 g/mol. The van der Waals surface area contributed by atoms with Gasteiger partial charge in [0.2, 0.25) is 5.91 Å². The lowest BCUT2D eigenvalue weighted by Crippen LogP contribution is -2.48. The van der Waals surface area contributed by atoms with Crippen molar-refractivity contribution in [3.05, 3.63) is 0 Å². The van der Waals surface area contributed by atoms with Crippen LogP contribution in [0, 0.1) is 23.2 Å². The molecule has 2 rings (SSSR count). The summed E-state index contributed by atoms with van der Waals surface area (Å²) in [6.07, 6.45) is 7.56. The fourth-order valence-electron chi connectivity index (χ4n) is 3.51. The molecule has 4 nitrogen and oxygen atoms in total.